The average molecular weight is 342 g/mol. The normalized spacial score (nSPS) is 9.84. The van der Waals surface area contributed by atoms with Gasteiger partial charge >= 0.3 is 17.9 Å². The van der Waals surface area contributed by atoms with Gasteiger partial charge in [0.1, 0.15) is 23.5 Å². The number of carbonyl (C=O) groups excluding carboxylic acids is 4. The van der Waals surface area contributed by atoms with Gasteiger partial charge in [-0.25, -0.2) is 4.79 Å². The lowest BCUT2D eigenvalue weighted by molar-refractivity contribution is -0.132. The Morgan fingerprint density at radius 2 is 1.28 bits per heavy atom. The molecule has 0 aromatic heterocycles. The van der Waals surface area contributed by atoms with Gasteiger partial charge in [0.2, 0.25) is 0 Å². The van der Waals surface area contributed by atoms with Gasteiger partial charge in [-0.1, -0.05) is 0 Å². The fraction of sp³-hybridized carbons (Fsp3) is 0.111. The molecule has 0 amide bonds. The average Bonchev–Trinajstić information content (AvgIpc) is 2.54. The zero-order valence-corrected chi connectivity index (χ0v) is 13.5. The molecule has 0 aliphatic rings. The van der Waals surface area contributed by atoms with Crippen molar-refractivity contribution in [2.45, 2.75) is 13.8 Å². The number of ether oxygens (including phenoxy) is 3. The van der Waals surface area contributed by atoms with E-state index in [1.165, 1.54) is 56.3 Å². The van der Waals surface area contributed by atoms with Gasteiger partial charge in [-0.2, -0.15) is 0 Å². The third-order valence-electron chi connectivity index (χ3n) is 2.87. The first-order valence-corrected chi connectivity index (χ1v) is 7.16. The van der Waals surface area contributed by atoms with E-state index < -0.39 is 17.9 Å². The second-order valence-corrected chi connectivity index (χ2v) is 4.96. The first kappa shape index (κ1) is 17.9. The molecule has 2 aromatic rings. The maximum absolute atomic E-state index is 12.3. The Morgan fingerprint density at radius 1 is 0.760 bits per heavy atom. The molecule has 0 saturated carbocycles. The maximum Gasteiger partial charge on any atom is 0.343 e. The highest BCUT2D eigenvalue weighted by molar-refractivity contribution is 5.92. The van der Waals surface area contributed by atoms with Crippen LogP contribution < -0.4 is 14.2 Å². The molecule has 2 rings (SSSR count). The molecule has 25 heavy (non-hydrogen) atoms. The lowest BCUT2D eigenvalue weighted by atomic mass is 10.2. The molecule has 0 heterocycles. The summed E-state index contributed by atoms with van der Waals surface area (Å²) in [5, 5.41) is 0. The zero-order valence-electron chi connectivity index (χ0n) is 13.5. The van der Waals surface area contributed by atoms with E-state index in [0.717, 1.165) is 0 Å². The summed E-state index contributed by atoms with van der Waals surface area (Å²) in [5.74, 6) is -1.64. The molecule has 0 atom stereocenters. The molecule has 7 nitrogen and oxygen atoms in total. The number of benzene rings is 2. The van der Waals surface area contributed by atoms with Crippen LogP contribution >= 0.6 is 0 Å². The van der Waals surface area contributed by atoms with Gasteiger partial charge in [0, 0.05) is 25.5 Å². The van der Waals surface area contributed by atoms with Crippen LogP contribution in [0.15, 0.2) is 42.5 Å². The molecule has 0 N–H and O–H groups in total. The van der Waals surface area contributed by atoms with Crippen LogP contribution in [-0.4, -0.2) is 24.2 Å². The van der Waals surface area contributed by atoms with Crippen molar-refractivity contribution in [2.24, 2.45) is 0 Å². The van der Waals surface area contributed by atoms with Crippen LogP contribution in [0.25, 0.3) is 0 Å². The van der Waals surface area contributed by atoms with E-state index in [4.69, 9.17) is 14.2 Å². The van der Waals surface area contributed by atoms with E-state index >= 15 is 0 Å². The summed E-state index contributed by atoms with van der Waals surface area (Å²) in [7, 11) is 0. The van der Waals surface area contributed by atoms with Crippen LogP contribution in [0.3, 0.4) is 0 Å². The zero-order chi connectivity index (χ0) is 18.4. The molecule has 0 radical (unpaired) electrons. The summed E-state index contributed by atoms with van der Waals surface area (Å²) in [5.41, 5.74) is 0.461. The second kappa shape index (κ2) is 7.87. The van der Waals surface area contributed by atoms with Crippen molar-refractivity contribution >= 4 is 24.2 Å². The van der Waals surface area contributed by atoms with Crippen LogP contribution in [0.4, 0.5) is 0 Å². The molecule has 0 unspecified atom stereocenters. The predicted octanol–water partition coefficient (Wildman–Crippen LogP) is 2.57. The molecule has 0 saturated heterocycles. The van der Waals surface area contributed by atoms with E-state index in [-0.39, 0.29) is 22.8 Å². The lowest BCUT2D eigenvalue weighted by Gasteiger charge is -2.09. The molecule has 2 aromatic carbocycles. The summed E-state index contributed by atoms with van der Waals surface area (Å²) >= 11 is 0. The molecule has 128 valence electrons. The number of hydrogen-bond donors (Lipinski definition) is 0. The van der Waals surface area contributed by atoms with Gasteiger partial charge < -0.3 is 14.2 Å². The minimum atomic E-state index is -0.749. The van der Waals surface area contributed by atoms with Crippen molar-refractivity contribution in [3.63, 3.8) is 0 Å². The van der Waals surface area contributed by atoms with Gasteiger partial charge in [0.05, 0.1) is 5.56 Å². The van der Waals surface area contributed by atoms with Crippen LogP contribution in [0.2, 0.25) is 0 Å². The number of aldehydes is 1. The van der Waals surface area contributed by atoms with Crippen molar-refractivity contribution in [1.82, 2.24) is 0 Å². The first-order chi connectivity index (χ1) is 11.9. The van der Waals surface area contributed by atoms with E-state index in [9.17, 15) is 19.2 Å². The maximum atomic E-state index is 12.3. The largest absolute Gasteiger partial charge is 0.427 e. The topological polar surface area (TPSA) is 96.0 Å². The summed E-state index contributed by atoms with van der Waals surface area (Å²) < 4.78 is 15.0. The van der Waals surface area contributed by atoms with Crippen LogP contribution in [-0.2, 0) is 9.59 Å². The number of rotatable bonds is 5. The Morgan fingerprint density at radius 3 is 1.72 bits per heavy atom. The van der Waals surface area contributed by atoms with Gasteiger partial charge in [-0.15, -0.1) is 0 Å². The van der Waals surface area contributed by atoms with Crippen LogP contribution in [0.1, 0.15) is 34.6 Å². The second-order valence-electron chi connectivity index (χ2n) is 4.96. The molecule has 0 spiro atoms. The predicted molar refractivity (Wildman–Crippen MR) is 85.8 cm³/mol. The van der Waals surface area contributed by atoms with Crippen molar-refractivity contribution in [3.05, 3.63) is 53.6 Å². The molecule has 0 fully saturated rings. The highest BCUT2D eigenvalue weighted by Crippen LogP contribution is 2.25. The summed E-state index contributed by atoms with van der Waals surface area (Å²) in [6, 6.07) is 9.80. The quantitative estimate of drug-likeness (QED) is 0.468. The van der Waals surface area contributed by atoms with Crippen LogP contribution in [0, 0.1) is 0 Å². The van der Waals surface area contributed by atoms with Gasteiger partial charge in [0.15, 0.2) is 0 Å². The van der Waals surface area contributed by atoms with Crippen molar-refractivity contribution in [3.8, 4) is 17.2 Å². The fourth-order valence-corrected chi connectivity index (χ4v) is 1.92. The summed E-state index contributed by atoms with van der Waals surface area (Å²) in [6.45, 7) is 2.40. The van der Waals surface area contributed by atoms with Gasteiger partial charge in [-0.3, -0.25) is 14.4 Å². The number of carbonyl (C=O) groups is 4. The molecule has 7 heteroatoms. The Balaban J connectivity index is 2.27. The fourth-order valence-electron chi connectivity index (χ4n) is 1.92. The van der Waals surface area contributed by atoms with E-state index in [0.29, 0.717) is 11.8 Å². The highest BCUT2D eigenvalue weighted by Gasteiger charge is 2.14. The Bertz CT molecular complexity index is 788. The molecule has 0 aliphatic heterocycles. The van der Waals surface area contributed by atoms with E-state index in [1.807, 2.05) is 0 Å². The minimum Gasteiger partial charge on any atom is -0.427 e. The molecular formula is C18H14O7. The van der Waals surface area contributed by atoms with Crippen molar-refractivity contribution < 1.29 is 33.4 Å². The third kappa shape index (κ3) is 5.28. The standard InChI is InChI=1S/C18H14O7/c1-11(20)23-16-7-14(8-17(9-16)24-12(2)21)18(22)25-15-5-3-13(10-19)4-6-15/h3-10H,1-2H3. The Labute approximate surface area is 143 Å². The summed E-state index contributed by atoms with van der Waals surface area (Å²) in [6.07, 6.45) is 0.666. The highest BCUT2D eigenvalue weighted by atomic mass is 16.5. The lowest BCUT2D eigenvalue weighted by Crippen LogP contribution is -2.11. The van der Waals surface area contributed by atoms with E-state index in [2.05, 4.69) is 0 Å². The molecule has 0 aliphatic carbocycles. The van der Waals surface area contributed by atoms with Crippen molar-refractivity contribution in [2.75, 3.05) is 0 Å². The third-order valence-corrected chi connectivity index (χ3v) is 2.87. The Hall–Kier alpha value is -3.48. The molecular weight excluding hydrogens is 328 g/mol. The van der Waals surface area contributed by atoms with Gasteiger partial charge in [0.25, 0.3) is 0 Å². The van der Waals surface area contributed by atoms with Crippen LogP contribution in [0.5, 0.6) is 17.2 Å². The SMILES string of the molecule is CC(=O)Oc1cc(OC(C)=O)cc(C(=O)Oc2ccc(C=O)cc2)c1. The first-order valence-electron chi connectivity index (χ1n) is 7.16. The van der Waals surface area contributed by atoms with Gasteiger partial charge in [-0.05, 0) is 36.4 Å². The monoisotopic (exact) mass is 342 g/mol. The van der Waals surface area contributed by atoms with E-state index in [1.54, 1.807) is 0 Å². The number of hydrogen-bond acceptors (Lipinski definition) is 7. The minimum absolute atomic E-state index is 0.0227. The Kier molecular flexibility index (Phi) is 5.62. The number of esters is 3. The summed E-state index contributed by atoms with van der Waals surface area (Å²) in [4.78, 5) is 45.1. The van der Waals surface area contributed by atoms with Crippen molar-refractivity contribution in [1.29, 1.82) is 0 Å². The molecule has 0 bridgehead atoms. The smallest absolute Gasteiger partial charge is 0.343 e.